The van der Waals surface area contributed by atoms with E-state index in [-0.39, 0.29) is 44.8 Å². The van der Waals surface area contributed by atoms with Crippen LogP contribution in [0.25, 0.3) is 32.7 Å². The van der Waals surface area contributed by atoms with Gasteiger partial charge in [-0.25, -0.2) is 4.79 Å². The van der Waals surface area contributed by atoms with E-state index in [1.54, 1.807) is 36.4 Å². The summed E-state index contributed by atoms with van der Waals surface area (Å²) in [6.45, 7) is 0. The number of anilines is 2. The Balaban J connectivity index is 1.16. The standard InChI is InChI=1S/C45H32N10O14S3/c46-26-6-13-35(34(47)18-26)52-51-29-11-5-24-16-38(71(64,65)66)41(43(57)32(24)19-29)55-53-36-21-31(70(61,62)63)15-25-17-39(72(67,68)69)42(44(58)40(25)36)54-49-28-9-3-23(4-10-28)22-1-7-27(8-2-22)48-50-30-12-14-37(56)33(20-30)45(59)60/h1-21,56-58H,46-47H2,(H,59,60)(H,61,62,63)(H,64,65,66)(H,67,68,69). The van der Waals surface area contributed by atoms with Crippen molar-refractivity contribution in [1.82, 2.24) is 0 Å². The molecule has 0 unspecified atom stereocenters. The molecule has 8 aromatic rings. The van der Waals surface area contributed by atoms with Crippen LogP contribution in [0.2, 0.25) is 0 Å². The van der Waals surface area contributed by atoms with E-state index in [9.17, 15) is 64.1 Å². The minimum Gasteiger partial charge on any atom is -0.507 e. The van der Waals surface area contributed by atoms with E-state index in [0.717, 1.165) is 12.1 Å². The predicted molar refractivity (Wildman–Crippen MR) is 260 cm³/mol. The number of phenols is 3. The van der Waals surface area contributed by atoms with Crippen LogP contribution in [-0.2, 0) is 30.4 Å². The van der Waals surface area contributed by atoms with Gasteiger partial charge in [-0.3, -0.25) is 13.7 Å². The number of phenolic OH excluding ortho intramolecular Hbond substituents is 2. The van der Waals surface area contributed by atoms with Gasteiger partial charge in [0.05, 0.1) is 44.4 Å². The van der Waals surface area contributed by atoms with Crippen molar-refractivity contribution in [2.45, 2.75) is 14.7 Å². The summed E-state index contributed by atoms with van der Waals surface area (Å²) < 4.78 is 106. The van der Waals surface area contributed by atoms with Crippen molar-refractivity contribution in [3.05, 3.63) is 133 Å². The molecule has 0 saturated heterocycles. The van der Waals surface area contributed by atoms with Crippen molar-refractivity contribution in [1.29, 1.82) is 0 Å². The number of carboxylic acids is 1. The minimum atomic E-state index is -5.30. The summed E-state index contributed by atoms with van der Waals surface area (Å²) in [4.78, 5) is 8.31. The van der Waals surface area contributed by atoms with E-state index in [4.69, 9.17) is 11.5 Å². The highest BCUT2D eigenvalue weighted by Gasteiger charge is 2.27. The van der Waals surface area contributed by atoms with Crippen molar-refractivity contribution < 1.29 is 64.1 Å². The molecule has 0 fully saturated rings. The van der Waals surface area contributed by atoms with E-state index in [0.29, 0.717) is 40.7 Å². The molecular formula is C45H32N10O14S3. The molecule has 364 valence electrons. The van der Waals surface area contributed by atoms with E-state index < -0.39 is 96.1 Å². The number of fused-ring (bicyclic) bond motifs is 2. The zero-order valence-electron chi connectivity index (χ0n) is 36.1. The first-order valence-electron chi connectivity index (χ1n) is 20.1. The fourth-order valence-corrected chi connectivity index (χ4v) is 8.80. The number of hydrogen-bond donors (Lipinski definition) is 9. The quantitative estimate of drug-likeness (QED) is 0.0294. The van der Waals surface area contributed by atoms with Crippen LogP contribution < -0.4 is 11.5 Å². The first kappa shape index (κ1) is 49.3. The van der Waals surface area contributed by atoms with Gasteiger partial charge in [-0.05, 0) is 119 Å². The first-order valence-corrected chi connectivity index (χ1v) is 24.4. The van der Waals surface area contributed by atoms with E-state index in [1.165, 1.54) is 60.7 Å². The van der Waals surface area contributed by atoms with Gasteiger partial charge in [0.2, 0.25) is 0 Å². The highest BCUT2D eigenvalue weighted by atomic mass is 32.2. The van der Waals surface area contributed by atoms with Crippen molar-refractivity contribution >= 4 is 115 Å². The molecule has 0 saturated carbocycles. The maximum absolute atomic E-state index is 12.7. The first-order chi connectivity index (χ1) is 33.9. The Bertz CT molecular complexity index is 4040. The Morgan fingerprint density at radius 1 is 0.458 bits per heavy atom. The third-order valence-corrected chi connectivity index (χ3v) is 13.0. The summed E-state index contributed by atoms with van der Waals surface area (Å²) in [5.74, 6) is -3.75. The van der Waals surface area contributed by atoms with E-state index in [2.05, 4.69) is 40.9 Å². The number of azo groups is 4. The van der Waals surface area contributed by atoms with Crippen LogP contribution in [0.5, 0.6) is 17.2 Å². The van der Waals surface area contributed by atoms with Gasteiger partial charge < -0.3 is 31.9 Å². The molecule has 0 atom stereocenters. The summed E-state index contributed by atoms with van der Waals surface area (Å²) in [7, 11) is -15.7. The molecule has 8 aromatic carbocycles. The minimum absolute atomic E-state index is 0.0473. The second kappa shape index (κ2) is 19.0. The van der Waals surface area contributed by atoms with Crippen LogP contribution in [0.4, 0.5) is 56.9 Å². The number of benzene rings is 8. The van der Waals surface area contributed by atoms with Gasteiger partial charge in [0, 0.05) is 11.1 Å². The zero-order valence-corrected chi connectivity index (χ0v) is 38.5. The number of rotatable bonds is 13. The van der Waals surface area contributed by atoms with Crippen molar-refractivity contribution in [2.24, 2.45) is 40.9 Å². The van der Waals surface area contributed by atoms with Gasteiger partial charge in [-0.1, -0.05) is 30.3 Å². The molecule has 11 N–H and O–H groups in total. The molecule has 0 radical (unpaired) electrons. The number of nitrogens with zero attached hydrogens (tertiary/aromatic N) is 8. The van der Waals surface area contributed by atoms with E-state index in [1.807, 2.05) is 0 Å². The topological polar surface area (TPSA) is 412 Å². The third kappa shape index (κ3) is 10.5. The third-order valence-electron chi connectivity index (χ3n) is 10.4. The lowest BCUT2D eigenvalue weighted by atomic mass is 10.1. The van der Waals surface area contributed by atoms with Gasteiger partial charge in [0.25, 0.3) is 30.4 Å². The molecule has 0 bridgehead atoms. The van der Waals surface area contributed by atoms with Crippen molar-refractivity contribution in [3.63, 3.8) is 0 Å². The van der Waals surface area contributed by atoms with Crippen LogP contribution in [-0.4, -0.2) is 65.3 Å². The van der Waals surface area contributed by atoms with Gasteiger partial charge in [0.15, 0.2) is 11.5 Å². The number of carboxylic acid groups (broad SMARTS) is 1. The van der Waals surface area contributed by atoms with Gasteiger partial charge >= 0.3 is 5.97 Å². The fraction of sp³-hybridized carbons (Fsp3) is 0. The van der Waals surface area contributed by atoms with Crippen LogP contribution in [0.3, 0.4) is 0 Å². The summed E-state index contributed by atoms with van der Waals surface area (Å²) in [6.07, 6.45) is 0. The van der Waals surface area contributed by atoms with Gasteiger partial charge in [0.1, 0.15) is 38.2 Å². The lowest BCUT2D eigenvalue weighted by Gasteiger charge is -2.12. The Morgan fingerprint density at radius 3 is 1.54 bits per heavy atom. The van der Waals surface area contributed by atoms with E-state index >= 15 is 0 Å². The average molecular weight is 1030 g/mol. The molecule has 8 rings (SSSR count). The number of carbonyl (C=O) groups is 1. The van der Waals surface area contributed by atoms with Crippen LogP contribution in [0, 0.1) is 0 Å². The molecule has 0 spiro atoms. The summed E-state index contributed by atoms with van der Waals surface area (Å²) in [5.41, 5.74) is 11.8. The Hall–Kier alpha value is -9.12. The molecule has 72 heavy (non-hydrogen) atoms. The average Bonchev–Trinajstić information content (AvgIpc) is 3.32. The molecule has 0 amide bonds. The molecular weight excluding hydrogens is 1000 g/mol. The maximum Gasteiger partial charge on any atom is 0.339 e. The number of nitrogen functional groups attached to an aromatic ring is 2. The van der Waals surface area contributed by atoms with Gasteiger partial charge in [-0.15, -0.1) is 20.5 Å². The monoisotopic (exact) mass is 1030 g/mol. The lowest BCUT2D eigenvalue weighted by molar-refractivity contribution is 0.0693. The van der Waals surface area contributed by atoms with Crippen molar-refractivity contribution in [3.8, 4) is 28.4 Å². The summed E-state index contributed by atoms with van der Waals surface area (Å²) in [6, 6.07) is 28.0. The fourth-order valence-electron chi connectivity index (χ4n) is 6.95. The molecule has 0 heterocycles. The largest absolute Gasteiger partial charge is 0.507 e. The molecule has 0 aliphatic rings. The Morgan fingerprint density at radius 2 is 0.958 bits per heavy atom. The zero-order chi connectivity index (χ0) is 51.9. The number of aromatic carboxylic acids is 1. The number of nitrogens with two attached hydrogens (primary N) is 2. The highest BCUT2D eigenvalue weighted by Crippen LogP contribution is 2.48. The van der Waals surface area contributed by atoms with Crippen molar-refractivity contribution in [2.75, 3.05) is 11.5 Å². The Kier molecular flexibility index (Phi) is 13.0. The molecule has 0 aromatic heterocycles. The lowest BCUT2D eigenvalue weighted by Crippen LogP contribution is -2.01. The van der Waals surface area contributed by atoms with Gasteiger partial charge in [-0.2, -0.15) is 45.7 Å². The predicted octanol–water partition coefficient (Wildman–Crippen LogP) is 11.0. The normalized spacial score (nSPS) is 12.6. The molecule has 0 aliphatic carbocycles. The Labute approximate surface area is 405 Å². The van der Waals surface area contributed by atoms with Crippen LogP contribution in [0.1, 0.15) is 10.4 Å². The summed E-state index contributed by atoms with van der Waals surface area (Å²) >= 11 is 0. The second-order valence-electron chi connectivity index (χ2n) is 15.2. The molecule has 27 heteroatoms. The molecule has 24 nitrogen and oxygen atoms in total. The SMILES string of the molecule is Nc1ccc(N=Nc2ccc3cc(S(=O)(=O)O)c(N=Nc4cc(S(=O)(=O)O)cc5cc(S(=O)(=O)O)c(N=Nc6ccc(-c7ccc(N=Nc8ccc(O)c(C(=O)O)c8)cc7)cc6)c(O)c45)c(O)c3c2)c(N)c1. The second-order valence-corrected chi connectivity index (χ2v) is 19.4. The smallest absolute Gasteiger partial charge is 0.339 e. The van der Waals surface area contributed by atoms with Crippen LogP contribution in [0.15, 0.2) is 183 Å². The highest BCUT2D eigenvalue weighted by molar-refractivity contribution is 7.86. The maximum atomic E-state index is 12.7. The number of hydrogen-bond acceptors (Lipinski definition) is 20. The molecule has 0 aliphatic heterocycles. The summed E-state index contributed by atoms with van der Waals surface area (Å²) in [5, 5.41) is 72.9. The number of aromatic hydroxyl groups is 3. The van der Waals surface area contributed by atoms with Crippen LogP contribution >= 0.6 is 0 Å².